The summed E-state index contributed by atoms with van der Waals surface area (Å²) in [5.74, 6) is 0.590. The molecule has 2 heterocycles. The van der Waals surface area contributed by atoms with Crippen LogP contribution in [0.25, 0.3) is 0 Å². The Morgan fingerprint density at radius 3 is 2.84 bits per heavy atom. The fourth-order valence-electron chi connectivity index (χ4n) is 1.65. The fraction of sp³-hybridized carbons (Fsp3) is 0.500. The Kier molecular flexibility index (Phi) is 4.39. The molecular weight excluding hydrogens is 260 g/mol. The number of rotatable bonds is 5. The van der Waals surface area contributed by atoms with Crippen molar-refractivity contribution in [2.24, 2.45) is 0 Å². The maximum Gasteiger partial charge on any atom is 0.133 e. The van der Waals surface area contributed by atoms with Crippen LogP contribution in [0.5, 0.6) is 0 Å². The van der Waals surface area contributed by atoms with Crippen molar-refractivity contribution < 1.29 is 9.52 Å². The topological polar surface area (TPSA) is 58.3 Å². The zero-order valence-electron chi connectivity index (χ0n) is 11.5. The van der Waals surface area contributed by atoms with Gasteiger partial charge in [0.05, 0.1) is 11.3 Å². The van der Waals surface area contributed by atoms with Gasteiger partial charge in [-0.3, -0.25) is 0 Å². The Morgan fingerprint density at radius 1 is 1.47 bits per heavy atom. The number of aliphatic hydroxyl groups excluding tert-OH is 1. The lowest BCUT2D eigenvalue weighted by Crippen LogP contribution is -2.20. The number of furan rings is 1. The van der Waals surface area contributed by atoms with E-state index in [4.69, 9.17) is 4.42 Å². The Hall–Kier alpha value is -1.17. The molecule has 0 saturated heterocycles. The fourth-order valence-corrected chi connectivity index (χ4v) is 2.59. The van der Waals surface area contributed by atoms with E-state index in [9.17, 15) is 5.11 Å². The van der Waals surface area contributed by atoms with E-state index in [2.05, 4.69) is 31.1 Å². The minimum absolute atomic E-state index is 0.0938. The van der Waals surface area contributed by atoms with E-state index in [1.807, 2.05) is 6.20 Å². The minimum atomic E-state index is -0.606. The summed E-state index contributed by atoms with van der Waals surface area (Å²) in [5.41, 5.74) is 0.0938. The summed E-state index contributed by atoms with van der Waals surface area (Å²) in [6.07, 6.45) is 2.86. The van der Waals surface area contributed by atoms with E-state index in [0.29, 0.717) is 18.8 Å². The predicted molar refractivity (Wildman–Crippen MR) is 76.2 cm³/mol. The van der Waals surface area contributed by atoms with Gasteiger partial charge in [-0.05, 0) is 12.1 Å². The van der Waals surface area contributed by atoms with Crippen LogP contribution in [0.4, 0.5) is 0 Å². The molecular formula is C14H20N2O2S. The number of hydrogen-bond donors (Lipinski definition) is 2. The smallest absolute Gasteiger partial charge is 0.133 e. The molecule has 0 saturated carbocycles. The molecule has 0 aliphatic heterocycles. The zero-order chi connectivity index (χ0) is 13.9. The van der Waals surface area contributed by atoms with E-state index in [1.165, 1.54) is 4.88 Å². The van der Waals surface area contributed by atoms with Crippen molar-refractivity contribution in [2.75, 3.05) is 6.54 Å². The van der Waals surface area contributed by atoms with Crippen molar-refractivity contribution in [1.82, 2.24) is 10.3 Å². The van der Waals surface area contributed by atoms with Gasteiger partial charge in [0.25, 0.3) is 0 Å². The second kappa shape index (κ2) is 5.86. The molecule has 19 heavy (non-hydrogen) atoms. The first-order valence-electron chi connectivity index (χ1n) is 6.34. The molecule has 2 aromatic rings. The second-order valence-electron chi connectivity index (χ2n) is 5.54. The average molecular weight is 280 g/mol. The van der Waals surface area contributed by atoms with Crippen LogP contribution in [0.1, 0.15) is 42.5 Å². The zero-order valence-corrected chi connectivity index (χ0v) is 12.3. The number of nitrogens with zero attached hydrogens (tertiary/aromatic N) is 1. The normalized spacial score (nSPS) is 13.7. The third-order valence-electron chi connectivity index (χ3n) is 2.70. The van der Waals surface area contributed by atoms with Gasteiger partial charge in [0, 0.05) is 29.6 Å². The molecule has 0 radical (unpaired) electrons. The lowest BCUT2D eigenvalue weighted by Gasteiger charge is -2.13. The van der Waals surface area contributed by atoms with Crippen LogP contribution in [0.3, 0.4) is 0 Å². The largest absolute Gasteiger partial charge is 0.467 e. The van der Waals surface area contributed by atoms with Crippen LogP contribution in [-0.4, -0.2) is 16.6 Å². The Balaban J connectivity index is 1.81. The highest BCUT2D eigenvalue weighted by Crippen LogP contribution is 2.26. The molecule has 0 aliphatic carbocycles. The van der Waals surface area contributed by atoms with Gasteiger partial charge in [-0.25, -0.2) is 4.98 Å². The quantitative estimate of drug-likeness (QED) is 0.884. The van der Waals surface area contributed by atoms with Crippen molar-refractivity contribution in [1.29, 1.82) is 0 Å². The van der Waals surface area contributed by atoms with Gasteiger partial charge in [0.2, 0.25) is 0 Å². The Bertz CT molecular complexity index is 500. The number of thiazole rings is 1. The van der Waals surface area contributed by atoms with Crippen LogP contribution in [-0.2, 0) is 12.0 Å². The van der Waals surface area contributed by atoms with Crippen molar-refractivity contribution in [3.8, 4) is 0 Å². The molecule has 0 fully saturated rings. The van der Waals surface area contributed by atoms with Crippen molar-refractivity contribution in [3.63, 3.8) is 0 Å². The van der Waals surface area contributed by atoms with E-state index in [-0.39, 0.29) is 5.41 Å². The maximum atomic E-state index is 9.85. The van der Waals surface area contributed by atoms with Crippen molar-refractivity contribution in [3.05, 3.63) is 40.2 Å². The molecule has 2 N–H and O–H groups in total. The van der Waals surface area contributed by atoms with Crippen LogP contribution in [0.15, 0.2) is 29.0 Å². The highest BCUT2D eigenvalue weighted by Gasteiger charge is 2.18. The molecule has 1 unspecified atom stereocenters. The molecule has 5 heteroatoms. The minimum Gasteiger partial charge on any atom is -0.467 e. The molecule has 104 valence electrons. The Labute approximate surface area is 117 Å². The monoisotopic (exact) mass is 280 g/mol. The highest BCUT2D eigenvalue weighted by atomic mass is 32.1. The first-order chi connectivity index (χ1) is 8.97. The molecule has 0 aromatic carbocycles. The summed E-state index contributed by atoms with van der Waals surface area (Å²) in [6, 6.07) is 3.55. The molecule has 2 aromatic heterocycles. The molecule has 0 aliphatic rings. The van der Waals surface area contributed by atoms with Crippen LogP contribution < -0.4 is 5.32 Å². The predicted octanol–water partition coefficient (Wildman–Crippen LogP) is 2.86. The number of aliphatic hydroxyl groups is 1. The van der Waals surface area contributed by atoms with E-state index in [0.717, 1.165) is 5.01 Å². The second-order valence-corrected chi connectivity index (χ2v) is 6.66. The number of hydrogen-bond acceptors (Lipinski definition) is 5. The number of aromatic nitrogens is 1. The molecule has 0 bridgehead atoms. The number of nitrogens with one attached hydrogen (secondary N) is 1. The van der Waals surface area contributed by atoms with Gasteiger partial charge in [-0.1, -0.05) is 20.8 Å². The van der Waals surface area contributed by atoms with Crippen LogP contribution in [0, 0.1) is 0 Å². The maximum absolute atomic E-state index is 9.85. The first kappa shape index (κ1) is 14.2. The standard InChI is InChI=1S/C14H20N2O2S/c1-14(2,3)13-16-8-10(19-13)7-15-9-11(17)12-5-4-6-18-12/h4-6,8,11,15,17H,7,9H2,1-3H3. The van der Waals surface area contributed by atoms with Gasteiger partial charge in [0.1, 0.15) is 11.9 Å². The summed E-state index contributed by atoms with van der Waals surface area (Å²) >= 11 is 1.71. The van der Waals surface area contributed by atoms with Gasteiger partial charge < -0.3 is 14.8 Å². The third kappa shape index (κ3) is 3.89. The summed E-state index contributed by atoms with van der Waals surface area (Å²) in [5, 5.41) is 14.2. The van der Waals surface area contributed by atoms with Crippen molar-refractivity contribution >= 4 is 11.3 Å². The molecule has 2 rings (SSSR count). The average Bonchev–Trinajstić information content (AvgIpc) is 2.99. The lowest BCUT2D eigenvalue weighted by atomic mass is 9.98. The van der Waals surface area contributed by atoms with Gasteiger partial charge in [0.15, 0.2) is 0 Å². The van der Waals surface area contributed by atoms with Gasteiger partial charge in [-0.2, -0.15) is 0 Å². The molecule has 1 atom stereocenters. The summed E-state index contributed by atoms with van der Waals surface area (Å²) in [6.45, 7) is 7.65. The van der Waals surface area contributed by atoms with Gasteiger partial charge in [-0.15, -0.1) is 11.3 Å². The third-order valence-corrected chi connectivity index (χ3v) is 4.13. The van der Waals surface area contributed by atoms with E-state index in [1.54, 1.807) is 29.7 Å². The SMILES string of the molecule is CC(C)(C)c1ncc(CNCC(O)c2ccco2)s1. The van der Waals surface area contributed by atoms with Gasteiger partial charge >= 0.3 is 0 Å². The molecule has 4 nitrogen and oxygen atoms in total. The van der Waals surface area contributed by atoms with Crippen molar-refractivity contribution in [2.45, 2.75) is 38.8 Å². The summed E-state index contributed by atoms with van der Waals surface area (Å²) in [4.78, 5) is 5.61. The highest BCUT2D eigenvalue weighted by molar-refractivity contribution is 7.11. The summed E-state index contributed by atoms with van der Waals surface area (Å²) in [7, 11) is 0. The molecule has 0 amide bonds. The first-order valence-corrected chi connectivity index (χ1v) is 7.16. The Morgan fingerprint density at radius 2 is 2.26 bits per heavy atom. The summed E-state index contributed by atoms with van der Waals surface area (Å²) < 4.78 is 5.15. The van der Waals surface area contributed by atoms with Crippen LogP contribution >= 0.6 is 11.3 Å². The van der Waals surface area contributed by atoms with E-state index < -0.39 is 6.10 Å². The molecule has 0 spiro atoms. The van der Waals surface area contributed by atoms with E-state index >= 15 is 0 Å². The lowest BCUT2D eigenvalue weighted by molar-refractivity contribution is 0.147. The van der Waals surface area contributed by atoms with Crippen LogP contribution in [0.2, 0.25) is 0 Å².